The van der Waals surface area contributed by atoms with E-state index in [9.17, 15) is 18.3 Å². The van der Waals surface area contributed by atoms with Crippen LogP contribution >= 0.6 is 0 Å². The lowest BCUT2D eigenvalue weighted by atomic mass is 9.74. The number of alkyl halides is 1. The highest BCUT2D eigenvalue weighted by Crippen LogP contribution is 2.42. The number of ether oxygens (including phenoxy) is 1. The fraction of sp³-hybridized carbons (Fsp3) is 0.483. The molecule has 39 heavy (non-hydrogen) atoms. The first kappa shape index (κ1) is 28.9. The normalized spacial score (nSPS) is 16.3. The van der Waals surface area contributed by atoms with Gasteiger partial charge in [-0.25, -0.2) is 17.6 Å². The number of piperidine rings is 1. The molecule has 0 saturated carbocycles. The van der Waals surface area contributed by atoms with E-state index in [2.05, 4.69) is 15.2 Å². The molecule has 6 nitrogen and oxygen atoms in total. The average molecular weight is 549 g/mol. The van der Waals surface area contributed by atoms with Crippen molar-refractivity contribution in [3.05, 3.63) is 59.5 Å². The van der Waals surface area contributed by atoms with Crippen molar-refractivity contribution in [1.29, 1.82) is 0 Å². The van der Waals surface area contributed by atoms with Gasteiger partial charge in [-0.05, 0) is 62.4 Å². The van der Waals surface area contributed by atoms with Gasteiger partial charge in [-0.15, -0.1) is 0 Å². The number of likely N-dealkylation sites (tertiary alicyclic amines) is 1. The zero-order valence-corrected chi connectivity index (χ0v) is 22.6. The van der Waals surface area contributed by atoms with Gasteiger partial charge in [0.25, 0.3) is 0 Å². The van der Waals surface area contributed by atoms with Gasteiger partial charge in [-0.3, -0.25) is 4.98 Å². The fourth-order valence-corrected chi connectivity index (χ4v) is 5.36. The van der Waals surface area contributed by atoms with Crippen LogP contribution in [0.2, 0.25) is 0 Å². The third kappa shape index (κ3) is 6.55. The zero-order chi connectivity index (χ0) is 28.2. The van der Waals surface area contributed by atoms with Crippen molar-refractivity contribution < 1.29 is 27.4 Å². The van der Waals surface area contributed by atoms with E-state index in [1.807, 2.05) is 31.1 Å². The van der Waals surface area contributed by atoms with E-state index in [0.29, 0.717) is 78.9 Å². The Morgan fingerprint density at radius 2 is 1.82 bits per heavy atom. The number of pyridine rings is 1. The van der Waals surface area contributed by atoms with Crippen LogP contribution in [-0.4, -0.2) is 69.0 Å². The number of methoxy groups -OCH3 is 1. The second kappa shape index (κ2) is 12.4. The van der Waals surface area contributed by atoms with Crippen molar-refractivity contribution in [2.75, 3.05) is 64.2 Å². The van der Waals surface area contributed by atoms with Crippen LogP contribution < -0.4 is 15.0 Å². The molecule has 0 bridgehead atoms. The highest BCUT2D eigenvalue weighted by Gasteiger charge is 2.35. The molecular formula is C29H36F4N4O2. The number of hydrogen-bond donors (Lipinski definition) is 2. The van der Waals surface area contributed by atoms with Gasteiger partial charge >= 0.3 is 0 Å². The highest BCUT2D eigenvalue weighted by atomic mass is 19.1. The zero-order valence-electron chi connectivity index (χ0n) is 22.6. The number of nitrogens with zero attached hydrogens (tertiary/aromatic N) is 3. The first-order chi connectivity index (χ1) is 18.7. The van der Waals surface area contributed by atoms with Crippen LogP contribution in [-0.2, 0) is 0 Å². The topological polar surface area (TPSA) is 60.9 Å². The molecule has 1 aliphatic rings. The van der Waals surface area contributed by atoms with Gasteiger partial charge in [0.15, 0.2) is 11.6 Å². The summed E-state index contributed by atoms with van der Waals surface area (Å²) in [5.74, 6) is -2.27. The number of halogens is 4. The maximum atomic E-state index is 16.0. The Bertz CT molecular complexity index is 1260. The molecule has 0 radical (unpaired) electrons. The predicted molar refractivity (Wildman–Crippen MR) is 146 cm³/mol. The van der Waals surface area contributed by atoms with E-state index in [1.54, 1.807) is 19.4 Å². The Morgan fingerprint density at radius 3 is 2.44 bits per heavy atom. The standard InChI is InChI=1S/C29H36F4N4O2/c1-36(2)26-17-35-25-5-4-20(39-3)16-21(25)27(26)22(31)6-7-29(18-38)8-11-37(12-9-29)13-10-34-28-23(32)14-19(30)15-24(28)33/h4-5,14-17,22,34,38H,6-13,18H2,1-3H3/t22-/m0/s1. The molecular weight excluding hydrogens is 512 g/mol. The van der Waals surface area contributed by atoms with E-state index in [1.165, 1.54) is 0 Å². The molecule has 10 heteroatoms. The van der Waals surface area contributed by atoms with Crippen molar-refractivity contribution >= 4 is 22.3 Å². The summed E-state index contributed by atoms with van der Waals surface area (Å²) in [7, 11) is 5.29. The van der Waals surface area contributed by atoms with Gasteiger partial charge in [0.2, 0.25) is 0 Å². The van der Waals surface area contributed by atoms with Crippen molar-refractivity contribution in [2.45, 2.75) is 31.9 Å². The third-order valence-electron chi connectivity index (χ3n) is 7.81. The van der Waals surface area contributed by atoms with Gasteiger partial charge in [0, 0.05) is 56.9 Å². The van der Waals surface area contributed by atoms with Gasteiger partial charge in [0.05, 0.1) is 24.5 Å². The smallest absolute Gasteiger partial charge is 0.152 e. The minimum atomic E-state index is -1.26. The minimum absolute atomic E-state index is 0.0384. The van der Waals surface area contributed by atoms with Crippen LogP contribution in [0.25, 0.3) is 10.9 Å². The Labute approximate surface area is 226 Å². The van der Waals surface area contributed by atoms with Crippen LogP contribution in [0.4, 0.5) is 28.9 Å². The maximum absolute atomic E-state index is 16.0. The first-order valence-electron chi connectivity index (χ1n) is 13.2. The molecule has 3 aromatic rings. The molecule has 2 N–H and O–H groups in total. The lowest BCUT2D eigenvalue weighted by molar-refractivity contribution is 0.0316. The van der Waals surface area contributed by atoms with Crippen LogP contribution in [0.5, 0.6) is 5.75 Å². The van der Waals surface area contributed by atoms with E-state index in [4.69, 9.17) is 4.74 Å². The van der Waals surface area contributed by atoms with Crippen molar-refractivity contribution in [1.82, 2.24) is 9.88 Å². The van der Waals surface area contributed by atoms with E-state index >= 15 is 4.39 Å². The minimum Gasteiger partial charge on any atom is -0.497 e. The van der Waals surface area contributed by atoms with Crippen molar-refractivity contribution in [2.24, 2.45) is 5.41 Å². The summed E-state index contributed by atoms with van der Waals surface area (Å²) < 4.78 is 62.2. The quantitative estimate of drug-likeness (QED) is 0.300. The first-order valence-corrected chi connectivity index (χ1v) is 13.2. The molecule has 1 saturated heterocycles. The van der Waals surface area contributed by atoms with Gasteiger partial charge < -0.3 is 25.0 Å². The highest BCUT2D eigenvalue weighted by molar-refractivity contribution is 5.88. The maximum Gasteiger partial charge on any atom is 0.152 e. The molecule has 0 amide bonds. The van der Waals surface area contributed by atoms with E-state index in [-0.39, 0.29) is 25.3 Å². The Morgan fingerprint density at radius 1 is 1.13 bits per heavy atom. The number of aliphatic hydroxyl groups is 1. The van der Waals surface area contributed by atoms with Gasteiger partial charge in [-0.1, -0.05) is 0 Å². The molecule has 2 aromatic carbocycles. The molecule has 4 rings (SSSR count). The van der Waals surface area contributed by atoms with Gasteiger partial charge in [0.1, 0.15) is 23.4 Å². The molecule has 1 fully saturated rings. The van der Waals surface area contributed by atoms with Gasteiger partial charge in [-0.2, -0.15) is 0 Å². The Kier molecular flexibility index (Phi) is 9.17. The van der Waals surface area contributed by atoms with Crippen LogP contribution in [0, 0.1) is 22.9 Å². The molecule has 0 spiro atoms. The number of rotatable bonds is 11. The summed E-state index contributed by atoms with van der Waals surface area (Å²) >= 11 is 0. The summed E-state index contributed by atoms with van der Waals surface area (Å²) in [6.07, 6.45) is 2.56. The monoisotopic (exact) mass is 548 g/mol. The molecule has 2 heterocycles. The number of anilines is 2. The predicted octanol–water partition coefficient (Wildman–Crippen LogP) is 5.70. The lowest BCUT2D eigenvalue weighted by Gasteiger charge is -2.41. The Balaban J connectivity index is 1.38. The van der Waals surface area contributed by atoms with Crippen LogP contribution in [0.15, 0.2) is 36.5 Å². The third-order valence-corrected chi connectivity index (χ3v) is 7.81. The summed E-state index contributed by atoms with van der Waals surface area (Å²) in [4.78, 5) is 8.49. The second-order valence-corrected chi connectivity index (χ2v) is 10.5. The number of aliphatic hydroxyl groups excluding tert-OH is 1. The lowest BCUT2D eigenvalue weighted by Crippen LogP contribution is -2.43. The summed E-state index contributed by atoms with van der Waals surface area (Å²) in [5.41, 5.74) is 1.23. The second-order valence-electron chi connectivity index (χ2n) is 10.5. The number of hydrogen-bond acceptors (Lipinski definition) is 6. The number of fused-ring (bicyclic) bond motifs is 1. The number of aromatic nitrogens is 1. The fourth-order valence-electron chi connectivity index (χ4n) is 5.36. The number of nitrogens with one attached hydrogen (secondary N) is 1. The Hall–Kier alpha value is -3.11. The average Bonchev–Trinajstić information content (AvgIpc) is 2.92. The molecule has 1 atom stereocenters. The molecule has 1 aliphatic heterocycles. The van der Waals surface area contributed by atoms with Crippen LogP contribution in [0.3, 0.4) is 0 Å². The molecule has 0 unspecified atom stereocenters. The molecule has 212 valence electrons. The number of benzene rings is 2. The van der Waals surface area contributed by atoms with E-state index < -0.39 is 29.0 Å². The van der Waals surface area contributed by atoms with Crippen molar-refractivity contribution in [3.8, 4) is 5.75 Å². The van der Waals surface area contributed by atoms with Crippen LogP contribution in [0.1, 0.15) is 37.4 Å². The summed E-state index contributed by atoms with van der Waals surface area (Å²) in [5, 5.41) is 13.7. The SMILES string of the molecule is COc1ccc2ncc(N(C)C)c([C@@H](F)CCC3(CO)CCN(CCNc4c(F)cc(F)cc4F)CC3)c2c1. The molecule has 1 aromatic heterocycles. The summed E-state index contributed by atoms with van der Waals surface area (Å²) in [6.45, 7) is 2.12. The van der Waals surface area contributed by atoms with Crippen molar-refractivity contribution in [3.63, 3.8) is 0 Å². The largest absolute Gasteiger partial charge is 0.497 e. The van der Waals surface area contributed by atoms with E-state index in [0.717, 1.165) is 0 Å². The summed E-state index contributed by atoms with van der Waals surface area (Å²) in [6, 6.07) is 6.73. The molecule has 0 aliphatic carbocycles.